The molecule has 1 amide bonds. The van der Waals surface area contributed by atoms with Crippen molar-refractivity contribution >= 4 is 22.4 Å². The Hall–Kier alpha value is -2.33. The molecule has 4 nitrogen and oxygen atoms in total. The number of hydrogen-bond donors (Lipinski definition) is 0. The molecule has 21 heavy (non-hydrogen) atoms. The van der Waals surface area contributed by atoms with Gasteiger partial charge in [-0.05, 0) is 11.6 Å². The highest BCUT2D eigenvalue weighted by atomic mass is 16.5. The van der Waals surface area contributed by atoms with Gasteiger partial charge in [0.25, 0.3) is 5.91 Å². The first kappa shape index (κ1) is 13.6. The molecule has 1 aliphatic heterocycles. The number of aromatic nitrogens is 1. The highest BCUT2D eigenvalue weighted by molar-refractivity contribution is 6.13. The number of benzene rings is 1. The van der Waals surface area contributed by atoms with Crippen LogP contribution < -0.4 is 0 Å². The van der Waals surface area contributed by atoms with Gasteiger partial charge >= 0.3 is 0 Å². The predicted molar refractivity (Wildman–Crippen MR) is 84.1 cm³/mol. The fourth-order valence-corrected chi connectivity index (χ4v) is 2.99. The summed E-state index contributed by atoms with van der Waals surface area (Å²) < 4.78 is 7.32. The Labute approximate surface area is 123 Å². The lowest BCUT2D eigenvalue weighted by Gasteiger charge is -2.28. The van der Waals surface area contributed by atoms with Crippen molar-refractivity contribution in [2.45, 2.75) is 6.73 Å². The van der Waals surface area contributed by atoms with Crippen molar-refractivity contribution in [1.82, 2.24) is 9.47 Å². The zero-order valence-corrected chi connectivity index (χ0v) is 12.1. The van der Waals surface area contributed by atoms with E-state index in [1.54, 1.807) is 18.1 Å². The van der Waals surface area contributed by atoms with Gasteiger partial charge in [-0.2, -0.15) is 0 Å². The lowest BCUT2D eigenvalue weighted by molar-refractivity contribution is 0.0784. The number of nitrogens with zero attached hydrogens (tertiary/aromatic N) is 2. The average molecular weight is 282 g/mol. The third kappa shape index (κ3) is 1.99. The van der Waals surface area contributed by atoms with Crippen LogP contribution in [-0.4, -0.2) is 35.6 Å². The van der Waals surface area contributed by atoms with Crippen LogP contribution in [0.5, 0.6) is 0 Å². The Balaban J connectivity index is 2.28. The molecule has 0 atom stereocenters. The maximum absolute atomic E-state index is 12.8. The first-order valence-corrected chi connectivity index (χ1v) is 6.87. The van der Waals surface area contributed by atoms with Crippen LogP contribution in [0.4, 0.5) is 0 Å². The van der Waals surface area contributed by atoms with Crippen molar-refractivity contribution in [1.29, 1.82) is 0 Å². The zero-order valence-electron chi connectivity index (χ0n) is 12.1. The SMILES string of the molecule is C=CCN1CC(=C)c2c(c3ccccc3n2COC)C1=O. The quantitative estimate of drug-likeness (QED) is 0.808. The van der Waals surface area contributed by atoms with E-state index in [1.807, 2.05) is 28.8 Å². The first-order chi connectivity index (χ1) is 10.2. The Morgan fingerprint density at radius 1 is 1.38 bits per heavy atom. The monoisotopic (exact) mass is 282 g/mol. The Morgan fingerprint density at radius 2 is 2.14 bits per heavy atom. The molecule has 0 radical (unpaired) electrons. The van der Waals surface area contributed by atoms with Gasteiger partial charge in [-0.15, -0.1) is 6.58 Å². The minimum atomic E-state index is 0.0309. The summed E-state index contributed by atoms with van der Waals surface area (Å²) in [6, 6.07) is 7.89. The smallest absolute Gasteiger partial charge is 0.257 e. The number of para-hydroxylation sites is 1. The number of ether oxygens (including phenoxy) is 1. The molecule has 0 N–H and O–H groups in total. The summed E-state index contributed by atoms with van der Waals surface area (Å²) in [5.74, 6) is 0.0309. The number of methoxy groups -OCH3 is 1. The summed E-state index contributed by atoms with van der Waals surface area (Å²) in [4.78, 5) is 14.5. The van der Waals surface area contributed by atoms with E-state index in [-0.39, 0.29) is 5.91 Å². The fraction of sp³-hybridized carbons (Fsp3) is 0.235. The lowest BCUT2D eigenvalue weighted by atomic mass is 10.0. The second kappa shape index (κ2) is 5.22. The predicted octanol–water partition coefficient (Wildman–Crippen LogP) is 2.90. The maximum Gasteiger partial charge on any atom is 0.257 e. The standard InChI is InChI=1S/C17H18N2O2/c1-4-9-18-10-12(2)16-15(17(18)20)13-7-5-6-8-14(13)19(16)11-21-3/h4-8H,1-2,9-11H2,3H3. The highest BCUT2D eigenvalue weighted by Crippen LogP contribution is 2.35. The van der Waals surface area contributed by atoms with Gasteiger partial charge in [0.1, 0.15) is 6.73 Å². The topological polar surface area (TPSA) is 34.5 Å². The van der Waals surface area contributed by atoms with Crippen molar-refractivity contribution < 1.29 is 9.53 Å². The number of amides is 1. The zero-order chi connectivity index (χ0) is 15.0. The molecular weight excluding hydrogens is 264 g/mol. The number of hydrogen-bond acceptors (Lipinski definition) is 2. The largest absolute Gasteiger partial charge is 0.364 e. The minimum Gasteiger partial charge on any atom is -0.364 e. The molecule has 0 spiro atoms. The molecule has 2 heterocycles. The van der Waals surface area contributed by atoms with Gasteiger partial charge in [0.05, 0.1) is 16.8 Å². The Morgan fingerprint density at radius 3 is 2.86 bits per heavy atom. The summed E-state index contributed by atoms with van der Waals surface area (Å²) in [5, 5.41) is 0.949. The second-order valence-electron chi connectivity index (χ2n) is 5.16. The van der Waals surface area contributed by atoms with Crippen LogP contribution in [-0.2, 0) is 11.5 Å². The molecule has 3 rings (SSSR count). The van der Waals surface area contributed by atoms with Crippen molar-refractivity contribution in [3.8, 4) is 0 Å². The van der Waals surface area contributed by atoms with Gasteiger partial charge in [-0.1, -0.05) is 30.9 Å². The summed E-state index contributed by atoms with van der Waals surface area (Å²) in [6.07, 6.45) is 1.74. The van der Waals surface area contributed by atoms with Gasteiger partial charge in [-0.3, -0.25) is 4.79 Å². The third-order valence-electron chi connectivity index (χ3n) is 3.80. The number of fused-ring (bicyclic) bond motifs is 3. The normalized spacial score (nSPS) is 14.6. The molecule has 0 saturated heterocycles. The molecule has 4 heteroatoms. The lowest BCUT2D eigenvalue weighted by Crippen LogP contribution is -2.37. The Bertz CT molecular complexity index is 743. The van der Waals surface area contributed by atoms with E-state index in [2.05, 4.69) is 13.2 Å². The summed E-state index contributed by atoms with van der Waals surface area (Å²) in [7, 11) is 1.65. The van der Waals surface area contributed by atoms with Crippen LogP contribution in [0, 0.1) is 0 Å². The molecule has 1 aliphatic rings. The summed E-state index contributed by atoms with van der Waals surface area (Å²) >= 11 is 0. The molecule has 0 saturated carbocycles. The average Bonchev–Trinajstić information content (AvgIpc) is 2.81. The van der Waals surface area contributed by atoms with E-state index in [1.165, 1.54) is 0 Å². The van der Waals surface area contributed by atoms with Gasteiger partial charge in [0, 0.05) is 25.6 Å². The van der Waals surface area contributed by atoms with Crippen molar-refractivity contribution in [3.05, 3.63) is 54.8 Å². The molecule has 0 bridgehead atoms. The molecular formula is C17H18N2O2. The molecule has 1 aromatic carbocycles. The van der Waals surface area contributed by atoms with Crippen molar-refractivity contribution in [3.63, 3.8) is 0 Å². The third-order valence-corrected chi connectivity index (χ3v) is 3.80. The number of carbonyl (C=O) groups excluding carboxylic acids is 1. The molecule has 1 aromatic heterocycles. The van der Waals surface area contributed by atoms with Gasteiger partial charge in [0.2, 0.25) is 0 Å². The maximum atomic E-state index is 12.8. The van der Waals surface area contributed by atoms with Gasteiger partial charge in [0.15, 0.2) is 0 Å². The van der Waals surface area contributed by atoms with Gasteiger partial charge in [-0.25, -0.2) is 0 Å². The number of carbonyl (C=O) groups is 1. The van der Waals surface area contributed by atoms with E-state index in [9.17, 15) is 4.79 Å². The van der Waals surface area contributed by atoms with E-state index >= 15 is 0 Å². The van der Waals surface area contributed by atoms with Gasteiger partial charge < -0.3 is 14.2 Å². The van der Waals surface area contributed by atoms with E-state index < -0.39 is 0 Å². The fourth-order valence-electron chi connectivity index (χ4n) is 2.99. The van der Waals surface area contributed by atoms with Crippen LogP contribution in [0.25, 0.3) is 16.5 Å². The molecule has 0 fully saturated rings. The van der Waals surface area contributed by atoms with E-state index in [0.717, 1.165) is 27.7 Å². The van der Waals surface area contributed by atoms with E-state index in [4.69, 9.17) is 4.74 Å². The van der Waals surface area contributed by atoms with Crippen LogP contribution in [0.3, 0.4) is 0 Å². The van der Waals surface area contributed by atoms with Crippen LogP contribution in [0.1, 0.15) is 16.1 Å². The molecule has 2 aromatic rings. The van der Waals surface area contributed by atoms with Crippen LogP contribution in [0.2, 0.25) is 0 Å². The molecule has 0 unspecified atom stereocenters. The van der Waals surface area contributed by atoms with Crippen molar-refractivity contribution in [2.75, 3.05) is 20.2 Å². The second-order valence-corrected chi connectivity index (χ2v) is 5.16. The Kier molecular flexibility index (Phi) is 3.39. The van der Waals surface area contributed by atoms with Crippen LogP contribution >= 0.6 is 0 Å². The summed E-state index contributed by atoms with van der Waals surface area (Å²) in [5.41, 5.74) is 3.54. The first-order valence-electron chi connectivity index (χ1n) is 6.87. The van der Waals surface area contributed by atoms with E-state index in [0.29, 0.717) is 19.8 Å². The summed E-state index contributed by atoms with van der Waals surface area (Å²) in [6.45, 7) is 9.34. The van der Waals surface area contributed by atoms with Crippen LogP contribution in [0.15, 0.2) is 43.5 Å². The molecule has 0 aliphatic carbocycles. The number of rotatable bonds is 4. The minimum absolute atomic E-state index is 0.0309. The highest BCUT2D eigenvalue weighted by Gasteiger charge is 2.32. The molecule has 108 valence electrons. The van der Waals surface area contributed by atoms with Crippen molar-refractivity contribution in [2.24, 2.45) is 0 Å².